The van der Waals surface area contributed by atoms with Crippen LogP contribution in [0.3, 0.4) is 0 Å². The van der Waals surface area contributed by atoms with Crippen LogP contribution < -0.4 is 15.0 Å². The van der Waals surface area contributed by atoms with Crippen molar-refractivity contribution >= 4 is 17.7 Å². The lowest BCUT2D eigenvalue weighted by Crippen LogP contribution is -2.33. The minimum atomic E-state index is -0.562. The number of rotatable bonds is 5. The summed E-state index contributed by atoms with van der Waals surface area (Å²) in [6, 6.07) is 20.4. The van der Waals surface area contributed by atoms with Crippen LogP contribution in [-0.4, -0.2) is 41.7 Å². The van der Waals surface area contributed by atoms with Gasteiger partial charge in [-0.15, -0.1) is 10.2 Å². The maximum absolute atomic E-state index is 12.3. The molecular weight excluding hydrogens is 408 g/mol. The first-order valence-corrected chi connectivity index (χ1v) is 10.5. The molecule has 1 unspecified atom stereocenters. The fraction of sp³-hybridized carbons (Fsp3) is 0.250. The Balaban J connectivity index is 1.18. The smallest absolute Gasteiger partial charge is 0.330 e. The molecule has 0 bridgehead atoms. The Hall–Kier alpha value is -3.78. The molecule has 1 saturated heterocycles. The van der Waals surface area contributed by atoms with E-state index < -0.39 is 11.9 Å². The number of carbonyl (C=O) groups is 2. The number of esters is 1. The zero-order valence-corrected chi connectivity index (χ0v) is 17.4. The number of carbonyl (C=O) groups excluding carboxylic acids is 2. The molecule has 1 aromatic heterocycles. The summed E-state index contributed by atoms with van der Waals surface area (Å²) in [6.45, 7) is 1.85. The first-order valence-electron chi connectivity index (χ1n) is 10.5. The van der Waals surface area contributed by atoms with Gasteiger partial charge in [0.15, 0.2) is 11.5 Å². The standard InChI is InChI=1S/C24H22N4O4/c29-22(32-18-7-2-1-3-8-18)14-25-23(30)20-10-11-21(27-26-20)28-13-12-24(16-28)19-9-5-4-6-17(19)15-31-24/h1-11H,12-16H2,(H,25,30). The van der Waals surface area contributed by atoms with E-state index in [0.717, 1.165) is 13.0 Å². The largest absolute Gasteiger partial charge is 0.425 e. The van der Waals surface area contributed by atoms with Crippen molar-refractivity contribution in [1.82, 2.24) is 15.5 Å². The van der Waals surface area contributed by atoms with E-state index in [4.69, 9.17) is 9.47 Å². The summed E-state index contributed by atoms with van der Waals surface area (Å²) in [4.78, 5) is 26.3. The van der Waals surface area contributed by atoms with E-state index >= 15 is 0 Å². The summed E-state index contributed by atoms with van der Waals surface area (Å²) < 4.78 is 11.3. The van der Waals surface area contributed by atoms with E-state index in [2.05, 4.69) is 32.5 Å². The molecule has 1 amide bonds. The SMILES string of the molecule is O=C(CNC(=O)c1ccc(N2CCC3(C2)OCc2ccccc23)nn1)Oc1ccccc1. The van der Waals surface area contributed by atoms with Crippen molar-refractivity contribution in [2.24, 2.45) is 0 Å². The Labute approximate surface area is 185 Å². The molecule has 3 heterocycles. The highest BCUT2D eigenvalue weighted by Crippen LogP contribution is 2.43. The van der Waals surface area contributed by atoms with Gasteiger partial charge in [0.05, 0.1) is 13.2 Å². The fourth-order valence-electron chi connectivity index (χ4n) is 4.21. The van der Waals surface area contributed by atoms with Gasteiger partial charge in [-0.2, -0.15) is 0 Å². The van der Waals surface area contributed by atoms with Crippen LogP contribution in [0.15, 0.2) is 66.7 Å². The first-order chi connectivity index (χ1) is 15.6. The van der Waals surface area contributed by atoms with Crippen molar-refractivity contribution < 1.29 is 19.1 Å². The van der Waals surface area contributed by atoms with Gasteiger partial charge in [-0.05, 0) is 41.8 Å². The summed E-state index contributed by atoms with van der Waals surface area (Å²) in [5.74, 6) is 0.0661. The lowest BCUT2D eigenvalue weighted by Gasteiger charge is -2.25. The Kier molecular flexibility index (Phi) is 5.28. The third-order valence-corrected chi connectivity index (χ3v) is 5.82. The molecule has 2 aromatic carbocycles. The average molecular weight is 430 g/mol. The molecule has 0 saturated carbocycles. The van der Waals surface area contributed by atoms with Crippen LogP contribution in [0.2, 0.25) is 0 Å². The topological polar surface area (TPSA) is 93.7 Å². The Morgan fingerprint density at radius 1 is 1.03 bits per heavy atom. The third kappa shape index (κ3) is 3.92. The highest BCUT2D eigenvalue weighted by atomic mass is 16.5. The van der Waals surface area contributed by atoms with Crippen molar-refractivity contribution in [3.63, 3.8) is 0 Å². The fourth-order valence-corrected chi connectivity index (χ4v) is 4.21. The quantitative estimate of drug-likeness (QED) is 0.491. The van der Waals surface area contributed by atoms with E-state index in [1.165, 1.54) is 11.1 Å². The molecule has 5 rings (SSSR count). The number of ether oxygens (including phenoxy) is 2. The molecule has 1 N–H and O–H groups in total. The summed E-state index contributed by atoms with van der Waals surface area (Å²) in [5.41, 5.74) is 2.30. The number of aromatic nitrogens is 2. The molecular formula is C24H22N4O4. The van der Waals surface area contributed by atoms with Crippen LogP contribution >= 0.6 is 0 Å². The van der Waals surface area contributed by atoms with Gasteiger partial charge in [-0.25, -0.2) is 4.79 Å². The van der Waals surface area contributed by atoms with Gasteiger partial charge in [0.2, 0.25) is 0 Å². The maximum Gasteiger partial charge on any atom is 0.330 e. The predicted molar refractivity (Wildman–Crippen MR) is 116 cm³/mol. The van der Waals surface area contributed by atoms with Gasteiger partial charge in [0.1, 0.15) is 17.9 Å². The number of anilines is 1. The van der Waals surface area contributed by atoms with Gasteiger partial charge in [0, 0.05) is 6.54 Å². The zero-order valence-electron chi connectivity index (χ0n) is 17.4. The van der Waals surface area contributed by atoms with Gasteiger partial charge < -0.3 is 19.7 Å². The van der Waals surface area contributed by atoms with Crippen molar-refractivity contribution in [1.29, 1.82) is 0 Å². The normalized spacial score (nSPS) is 19.1. The van der Waals surface area contributed by atoms with Crippen molar-refractivity contribution in [2.45, 2.75) is 18.6 Å². The molecule has 8 heteroatoms. The van der Waals surface area contributed by atoms with Crippen LogP contribution in [0.25, 0.3) is 0 Å². The monoisotopic (exact) mass is 430 g/mol. The molecule has 0 aliphatic carbocycles. The van der Waals surface area contributed by atoms with Crippen molar-refractivity contribution in [3.05, 3.63) is 83.6 Å². The van der Waals surface area contributed by atoms with E-state index in [1.54, 1.807) is 36.4 Å². The molecule has 1 atom stereocenters. The van der Waals surface area contributed by atoms with Crippen LogP contribution in [0, 0.1) is 0 Å². The third-order valence-electron chi connectivity index (χ3n) is 5.82. The van der Waals surface area contributed by atoms with E-state index in [1.807, 2.05) is 18.2 Å². The number of benzene rings is 2. The summed E-state index contributed by atoms with van der Waals surface area (Å²) >= 11 is 0. The molecule has 2 aliphatic heterocycles. The Bertz CT molecular complexity index is 1140. The molecule has 8 nitrogen and oxygen atoms in total. The Morgan fingerprint density at radius 2 is 1.84 bits per heavy atom. The second-order valence-corrected chi connectivity index (χ2v) is 7.86. The summed E-state index contributed by atoms with van der Waals surface area (Å²) in [5, 5.41) is 10.8. The molecule has 0 radical (unpaired) electrons. The molecule has 2 aliphatic rings. The minimum absolute atomic E-state index is 0.137. The minimum Gasteiger partial charge on any atom is -0.425 e. The van der Waals surface area contributed by atoms with Crippen LogP contribution in [0.4, 0.5) is 5.82 Å². The van der Waals surface area contributed by atoms with Gasteiger partial charge >= 0.3 is 5.97 Å². The molecule has 3 aromatic rings. The molecule has 32 heavy (non-hydrogen) atoms. The highest BCUT2D eigenvalue weighted by Gasteiger charge is 2.45. The van der Waals surface area contributed by atoms with E-state index in [0.29, 0.717) is 24.7 Å². The van der Waals surface area contributed by atoms with Gasteiger partial charge in [-0.3, -0.25) is 4.79 Å². The number of amides is 1. The van der Waals surface area contributed by atoms with Crippen molar-refractivity contribution in [3.8, 4) is 5.75 Å². The molecule has 1 spiro atoms. The first kappa shape index (κ1) is 20.1. The number of hydrogen-bond donors (Lipinski definition) is 1. The lowest BCUT2D eigenvalue weighted by molar-refractivity contribution is -0.133. The highest BCUT2D eigenvalue weighted by molar-refractivity contribution is 5.94. The van der Waals surface area contributed by atoms with Gasteiger partial charge in [0.25, 0.3) is 5.91 Å². The summed E-state index contributed by atoms with van der Waals surface area (Å²) in [7, 11) is 0. The zero-order chi connectivity index (χ0) is 22.0. The van der Waals surface area contributed by atoms with Crippen LogP contribution in [0.5, 0.6) is 5.75 Å². The van der Waals surface area contributed by atoms with Crippen LogP contribution in [-0.2, 0) is 21.7 Å². The van der Waals surface area contributed by atoms with Crippen LogP contribution in [0.1, 0.15) is 28.0 Å². The summed E-state index contributed by atoms with van der Waals surface area (Å²) in [6.07, 6.45) is 0.872. The number of para-hydroxylation sites is 1. The second-order valence-electron chi connectivity index (χ2n) is 7.86. The van der Waals surface area contributed by atoms with Gasteiger partial charge in [-0.1, -0.05) is 42.5 Å². The number of fused-ring (bicyclic) bond motifs is 2. The van der Waals surface area contributed by atoms with Crippen molar-refractivity contribution in [2.75, 3.05) is 24.5 Å². The maximum atomic E-state index is 12.3. The number of hydrogen-bond acceptors (Lipinski definition) is 7. The second kappa shape index (κ2) is 8.39. The number of nitrogens with zero attached hydrogens (tertiary/aromatic N) is 3. The number of nitrogens with one attached hydrogen (secondary N) is 1. The Morgan fingerprint density at radius 3 is 2.66 bits per heavy atom. The average Bonchev–Trinajstić information content (AvgIpc) is 3.43. The van der Waals surface area contributed by atoms with E-state index in [-0.39, 0.29) is 17.8 Å². The molecule has 162 valence electrons. The predicted octanol–water partition coefficient (Wildman–Crippen LogP) is 2.45. The van der Waals surface area contributed by atoms with E-state index in [9.17, 15) is 9.59 Å². The lowest BCUT2D eigenvalue weighted by atomic mass is 9.92. The molecule has 1 fully saturated rings.